The summed E-state index contributed by atoms with van der Waals surface area (Å²) in [6.07, 6.45) is 4.16. The van der Waals surface area contributed by atoms with E-state index in [1.165, 1.54) is 7.11 Å². The standard InChI is InChI=1S/C18H21N3O3/c1-12-6-8-13(9-7-12)20-17(22)11-21-16-5-3-4-14(18(23)24-2)15(16)10-19-21/h6-10,14H,3-5,11H2,1-2H3,(H,20,22). The van der Waals surface area contributed by atoms with Crippen LogP contribution in [0, 0.1) is 6.92 Å². The van der Waals surface area contributed by atoms with Crippen molar-refractivity contribution in [2.24, 2.45) is 0 Å². The molecule has 6 nitrogen and oxygen atoms in total. The van der Waals surface area contributed by atoms with Gasteiger partial charge < -0.3 is 10.1 Å². The third-order valence-corrected chi connectivity index (χ3v) is 4.38. The van der Waals surface area contributed by atoms with E-state index in [0.29, 0.717) is 0 Å². The minimum atomic E-state index is -0.271. The number of ether oxygens (including phenoxy) is 1. The molecule has 1 amide bonds. The van der Waals surface area contributed by atoms with E-state index < -0.39 is 0 Å². The molecule has 24 heavy (non-hydrogen) atoms. The van der Waals surface area contributed by atoms with Crippen LogP contribution in [0.4, 0.5) is 5.69 Å². The van der Waals surface area contributed by atoms with Crippen LogP contribution in [-0.2, 0) is 27.3 Å². The minimum Gasteiger partial charge on any atom is -0.469 e. The minimum absolute atomic E-state index is 0.134. The van der Waals surface area contributed by atoms with E-state index in [0.717, 1.165) is 41.8 Å². The van der Waals surface area contributed by atoms with Crippen LogP contribution in [0.1, 0.15) is 35.6 Å². The van der Waals surface area contributed by atoms with E-state index in [9.17, 15) is 9.59 Å². The van der Waals surface area contributed by atoms with Crippen LogP contribution in [0.15, 0.2) is 30.5 Å². The number of fused-ring (bicyclic) bond motifs is 1. The van der Waals surface area contributed by atoms with Gasteiger partial charge in [-0.05, 0) is 38.3 Å². The topological polar surface area (TPSA) is 73.2 Å². The zero-order valence-electron chi connectivity index (χ0n) is 13.9. The van der Waals surface area contributed by atoms with Crippen molar-refractivity contribution >= 4 is 17.6 Å². The molecule has 1 atom stereocenters. The molecule has 0 spiro atoms. The fourth-order valence-electron chi connectivity index (χ4n) is 3.12. The summed E-state index contributed by atoms with van der Waals surface area (Å²) in [5, 5.41) is 7.18. The zero-order chi connectivity index (χ0) is 17.1. The van der Waals surface area contributed by atoms with Crippen molar-refractivity contribution in [3.8, 4) is 0 Å². The summed E-state index contributed by atoms with van der Waals surface area (Å²) in [6, 6.07) is 7.65. The van der Waals surface area contributed by atoms with Crippen LogP contribution >= 0.6 is 0 Å². The lowest BCUT2D eigenvalue weighted by Crippen LogP contribution is -2.24. The maximum absolute atomic E-state index is 12.3. The summed E-state index contributed by atoms with van der Waals surface area (Å²) in [6.45, 7) is 2.14. The number of nitrogens with one attached hydrogen (secondary N) is 1. The quantitative estimate of drug-likeness (QED) is 0.875. The molecule has 0 bridgehead atoms. The van der Waals surface area contributed by atoms with Crippen LogP contribution in [0.2, 0.25) is 0 Å². The monoisotopic (exact) mass is 327 g/mol. The average Bonchev–Trinajstić information content (AvgIpc) is 2.99. The first-order chi connectivity index (χ1) is 11.6. The van der Waals surface area contributed by atoms with Gasteiger partial charge >= 0.3 is 5.97 Å². The van der Waals surface area contributed by atoms with Crippen molar-refractivity contribution in [3.63, 3.8) is 0 Å². The molecule has 0 saturated carbocycles. The second kappa shape index (κ2) is 6.86. The first-order valence-electron chi connectivity index (χ1n) is 8.07. The van der Waals surface area contributed by atoms with Gasteiger partial charge in [-0.1, -0.05) is 17.7 Å². The van der Waals surface area contributed by atoms with Crippen LogP contribution in [0.25, 0.3) is 0 Å². The molecule has 0 aliphatic heterocycles. The Labute approximate surface area is 140 Å². The van der Waals surface area contributed by atoms with Crippen molar-refractivity contribution in [1.82, 2.24) is 9.78 Å². The smallest absolute Gasteiger partial charge is 0.313 e. The van der Waals surface area contributed by atoms with Crippen molar-refractivity contribution in [1.29, 1.82) is 0 Å². The second-order valence-corrected chi connectivity index (χ2v) is 6.09. The normalized spacial score (nSPS) is 16.3. The first-order valence-corrected chi connectivity index (χ1v) is 8.07. The van der Waals surface area contributed by atoms with E-state index >= 15 is 0 Å². The lowest BCUT2D eigenvalue weighted by atomic mass is 9.87. The number of anilines is 1. The number of carbonyl (C=O) groups excluding carboxylic acids is 2. The predicted octanol–water partition coefficient (Wildman–Crippen LogP) is 2.42. The number of carbonyl (C=O) groups is 2. The highest BCUT2D eigenvalue weighted by Crippen LogP contribution is 2.32. The number of nitrogens with zero attached hydrogens (tertiary/aromatic N) is 2. The van der Waals surface area contributed by atoms with Gasteiger partial charge in [0.25, 0.3) is 0 Å². The molecule has 1 unspecified atom stereocenters. The van der Waals surface area contributed by atoms with Crippen LogP contribution in [-0.4, -0.2) is 28.8 Å². The number of aromatic nitrogens is 2. The van der Waals surface area contributed by atoms with Gasteiger partial charge in [-0.3, -0.25) is 14.3 Å². The van der Waals surface area contributed by atoms with Gasteiger partial charge in [0.2, 0.25) is 5.91 Å². The van der Waals surface area contributed by atoms with Gasteiger partial charge in [0.1, 0.15) is 6.54 Å². The zero-order valence-corrected chi connectivity index (χ0v) is 13.9. The Morgan fingerprint density at radius 3 is 2.79 bits per heavy atom. The molecule has 1 N–H and O–H groups in total. The van der Waals surface area contributed by atoms with Crippen LogP contribution < -0.4 is 5.32 Å². The Morgan fingerprint density at radius 1 is 1.33 bits per heavy atom. The number of benzene rings is 1. The number of amides is 1. The Morgan fingerprint density at radius 2 is 2.08 bits per heavy atom. The molecule has 2 aromatic rings. The molecule has 0 radical (unpaired) electrons. The molecule has 126 valence electrons. The molecule has 1 heterocycles. The third kappa shape index (κ3) is 3.32. The molecule has 6 heteroatoms. The summed E-state index contributed by atoms with van der Waals surface area (Å²) in [5.74, 6) is -0.641. The summed E-state index contributed by atoms with van der Waals surface area (Å²) in [4.78, 5) is 24.1. The molecule has 1 aromatic heterocycles. The Kier molecular flexibility index (Phi) is 4.64. The van der Waals surface area contributed by atoms with Crippen molar-refractivity contribution in [2.45, 2.75) is 38.6 Å². The van der Waals surface area contributed by atoms with Gasteiger partial charge in [0.15, 0.2) is 0 Å². The van der Waals surface area contributed by atoms with Crippen molar-refractivity contribution in [3.05, 3.63) is 47.3 Å². The lowest BCUT2D eigenvalue weighted by Gasteiger charge is -2.21. The van der Waals surface area contributed by atoms with Gasteiger partial charge in [0, 0.05) is 16.9 Å². The molecular formula is C18H21N3O3. The average molecular weight is 327 g/mol. The van der Waals surface area contributed by atoms with E-state index in [1.54, 1.807) is 10.9 Å². The summed E-state index contributed by atoms with van der Waals surface area (Å²) >= 11 is 0. The second-order valence-electron chi connectivity index (χ2n) is 6.09. The van der Waals surface area contributed by atoms with Gasteiger partial charge in [-0.25, -0.2) is 0 Å². The molecule has 3 rings (SSSR count). The fraction of sp³-hybridized carbons (Fsp3) is 0.389. The van der Waals surface area contributed by atoms with Crippen LogP contribution in [0.5, 0.6) is 0 Å². The molecule has 0 saturated heterocycles. The summed E-state index contributed by atoms with van der Waals surface area (Å²) < 4.78 is 6.56. The highest BCUT2D eigenvalue weighted by Gasteiger charge is 2.30. The van der Waals surface area contributed by atoms with E-state index in [2.05, 4.69) is 10.4 Å². The van der Waals surface area contributed by atoms with Crippen molar-refractivity contribution in [2.75, 3.05) is 12.4 Å². The number of esters is 1. The van der Waals surface area contributed by atoms with Crippen LogP contribution in [0.3, 0.4) is 0 Å². The van der Waals surface area contributed by atoms with Gasteiger partial charge in [-0.15, -0.1) is 0 Å². The Bertz CT molecular complexity index is 749. The largest absolute Gasteiger partial charge is 0.469 e. The SMILES string of the molecule is COC(=O)C1CCCc2c1cnn2CC(=O)Nc1ccc(C)cc1. The third-order valence-electron chi connectivity index (χ3n) is 4.38. The fourth-order valence-corrected chi connectivity index (χ4v) is 3.12. The molecule has 1 aliphatic carbocycles. The highest BCUT2D eigenvalue weighted by molar-refractivity contribution is 5.90. The molecular weight excluding hydrogens is 306 g/mol. The number of hydrogen-bond donors (Lipinski definition) is 1. The van der Waals surface area contributed by atoms with Gasteiger partial charge in [-0.2, -0.15) is 5.10 Å². The summed E-state index contributed by atoms with van der Waals surface area (Å²) in [5.41, 5.74) is 3.74. The lowest BCUT2D eigenvalue weighted by molar-refractivity contribution is -0.142. The van der Waals surface area contributed by atoms with E-state index in [1.807, 2.05) is 31.2 Å². The van der Waals surface area contributed by atoms with E-state index in [4.69, 9.17) is 4.74 Å². The number of hydrogen-bond acceptors (Lipinski definition) is 4. The molecule has 1 aromatic carbocycles. The van der Waals surface area contributed by atoms with E-state index in [-0.39, 0.29) is 24.3 Å². The predicted molar refractivity (Wildman–Crippen MR) is 89.7 cm³/mol. The molecule has 0 fully saturated rings. The number of rotatable bonds is 4. The van der Waals surface area contributed by atoms with Crippen molar-refractivity contribution < 1.29 is 14.3 Å². The number of aryl methyl sites for hydroxylation is 1. The highest BCUT2D eigenvalue weighted by atomic mass is 16.5. The Balaban J connectivity index is 1.72. The summed E-state index contributed by atoms with van der Waals surface area (Å²) in [7, 11) is 1.40. The first kappa shape index (κ1) is 16.2. The van der Waals surface area contributed by atoms with Gasteiger partial charge in [0.05, 0.1) is 19.2 Å². The maximum atomic E-state index is 12.3. The Hall–Kier alpha value is -2.63. The number of methoxy groups -OCH3 is 1. The maximum Gasteiger partial charge on any atom is 0.313 e. The molecule has 1 aliphatic rings.